The number of nitrogens with zero attached hydrogens (tertiary/aromatic N) is 3. The molecule has 1 amide bonds. The Morgan fingerprint density at radius 1 is 1.08 bits per heavy atom. The third kappa shape index (κ3) is 4.09. The first kappa shape index (κ1) is 17.2. The largest absolute Gasteiger partial charge is 0.411 e. The van der Waals surface area contributed by atoms with Gasteiger partial charge in [-0.1, -0.05) is 48.2 Å². The number of rotatable bonds is 6. The molecule has 0 saturated carbocycles. The number of benzene rings is 2. The van der Waals surface area contributed by atoms with E-state index in [1.165, 1.54) is 11.8 Å². The van der Waals surface area contributed by atoms with Gasteiger partial charge < -0.3 is 9.32 Å². The molecule has 0 fully saturated rings. The summed E-state index contributed by atoms with van der Waals surface area (Å²) in [5.74, 6) is 0.469. The highest BCUT2D eigenvalue weighted by molar-refractivity contribution is 8.00. The maximum absolute atomic E-state index is 12.8. The predicted octanol–water partition coefficient (Wildman–Crippen LogP) is 4.27. The summed E-state index contributed by atoms with van der Waals surface area (Å²) < 4.78 is 5.68. The molecule has 0 bridgehead atoms. The highest BCUT2D eigenvalue weighted by Gasteiger charge is 2.24. The van der Waals surface area contributed by atoms with Crippen LogP contribution in [0.2, 0.25) is 0 Å². The summed E-state index contributed by atoms with van der Waals surface area (Å²) in [5, 5.41) is 8.17. The van der Waals surface area contributed by atoms with E-state index < -0.39 is 0 Å². The molecule has 1 heterocycles. The molecule has 2 aromatic carbocycles. The number of para-hydroxylation sites is 1. The van der Waals surface area contributed by atoms with Crippen molar-refractivity contribution in [1.82, 2.24) is 10.2 Å². The maximum Gasteiger partial charge on any atom is 0.277 e. The number of aromatic nitrogens is 2. The van der Waals surface area contributed by atoms with E-state index in [2.05, 4.69) is 10.2 Å². The van der Waals surface area contributed by atoms with Gasteiger partial charge in [-0.3, -0.25) is 4.79 Å². The fourth-order valence-corrected chi connectivity index (χ4v) is 3.19. The van der Waals surface area contributed by atoms with Crippen molar-refractivity contribution in [2.75, 3.05) is 11.4 Å². The molecule has 0 N–H and O–H groups in total. The van der Waals surface area contributed by atoms with Gasteiger partial charge in [0.2, 0.25) is 11.8 Å². The maximum atomic E-state index is 12.8. The van der Waals surface area contributed by atoms with Crippen LogP contribution in [0.25, 0.3) is 11.5 Å². The molecule has 0 aliphatic carbocycles. The van der Waals surface area contributed by atoms with E-state index >= 15 is 0 Å². The van der Waals surface area contributed by atoms with Crippen LogP contribution < -0.4 is 4.90 Å². The fraction of sp³-hybridized carbons (Fsp3) is 0.211. The van der Waals surface area contributed by atoms with Crippen LogP contribution in [0, 0.1) is 0 Å². The van der Waals surface area contributed by atoms with Gasteiger partial charge in [0.1, 0.15) is 0 Å². The molecule has 5 nitrogen and oxygen atoms in total. The zero-order valence-corrected chi connectivity index (χ0v) is 14.9. The van der Waals surface area contributed by atoms with Crippen molar-refractivity contribution in [3.05, 3.63) is 60.7 Å². The molecule has 0 unspecified atom stereocenters. The van der Waals surface area contributed by atoms with Gasteiger partial charge >= 0.3 is 0 Å². The van der Waals surface area contributed by atoms with Crippen molar-refractivity contribution in [3.8, 4) is 11.5 Å². The monoisotopic (exact) mass is 353 g/mol. The van der Waals surface area contributed by atoms with Crippen molar-refractivity contribution >= 4 is 23.4 Å². The van der Waals surface area contributed by atoms with Gasteiger partial charge in [0.25, 0.3) is 5.22 Å². The molecule has 6 heteroatoms. The minimum atomic E-state index is -0.329. The number of anilines is 1. The van der Waals surface area contributed by atoms with E-state index in [0.717, 1.165) is 11.3 Å². The Hall–Kier alpha value is -2.60. The number of amides is 1. The summed E-state index contributed by atoms with van der Waals surface area (Å²) in [5.41, 5.74) is 1.75. The highest BCUT2D eigenvalue weighted by Crippen LogP contribution is 2.28. The smallest absolute Gasteiger partial charge is 0.277 e. The first-order valence-electron chi connectivity index (χ1n) is 8.11. The molecule has 0 saturated heterocycles. The van der Waals surface area contributed by atoms with Crippen molar-refractivity contribution in [1.29, 1.82) is 0 Å². The Balaban J connectivity index is 1.70. The molecule has 128 valence electrons. The molecule has 1 aromatic heterocycles. The summed E-state index contributed by atoms with van der Waals surface area (Å²) >= 11 is 1.27. The minimum Gasteiger partial charge on any atom is -0.411 e. The first-order chi connectivity index (χ1) is 12.2. The topological polar surface area (TPSA) is 59.2 Å². The van der Waals surface area contributed by atoms with Crippen LogP contribution in [-0.4, -0.2) is 27.9 Å². The van der Waals surface area contributed by atoms with Gasteiger partial charge in [-0.25, -0.2) is 0 Å². The molecule has 3 aromatic rings. The first-order valence-corrected chi connectivity index (χ1v) is 8.99. The Bertz CT molecular complexity index is 821. The van der Waals surface area contributed by atoms with E-state index in [4.69, 9.17) is 4.42 Å². The van der Waals surface area contributed by atoms with Crippen molar-refractivity contribution in [2.24, 2.45) is 0 Å². The van der Waals surface area contributed by atoms with Crippen molar-refractivity contribution in [2.45, 2.75) is 24.3 Å². The molecular weight excluding hydrogens is 334 g/mol. The van der Waals surface area contributed by atoms with Gasteiger partial charge in [0.05, 0.1) is 5.25 Å². The lowest BCUT2D eigenvalue weighted by molar-refractivity contribution is -0.117. The molecular formula is C19H19N3O2S. The van der Waals surface area contributed by atoms with Crippen LogP contribution in [0.4, 0.5) is 5.69 Å². The Morgan fingerprint density at radius 2 is 1.72 bits per heavy atom. The quantitative estimate of drug-likeness (QED) is 0.619. The average molecular weight is 353 g/mol. The lowest BCUT2D eigenvalue weighted by Crippen LogP contribution is -2.36. The number of carbonyl (C=O) groups excluding carboxylic acids is 1. The second-order valence-electron chi connectivity index (χ2n) is 5.42. The van der Waals surface area contributed by atoms with Gasteiger partial charge in [-0.05, 0) is 38.1 Å². The van der Waals surface area contributed by atoms with Crippen LogP contribution in [0.5, 0.6) is 0 Å². The van der Waals surface area contributed by atoms with E-state index in [0.29, 0.717) is 17.7 Å². The fourth-order valence-electron chi connectivity index (χ4n) is 2.45. The summed E-state index contributed by atoms with van der Waals surface area (Å²) in [6.45, 7) is 4.42. The zero-order chi connectivity index (χ0) is 17.6. The van der Waals surface area contributed by atoms with E-state index in [1.807, 2.05) is 74.5 Å². The molecule has 1 atom stereocenters. The average Bonchev–Trinajstić information content (AvgIpc) is 3.12. The third-order valence-electron chi connectivity index (χ3n) is 3.70. The summed E-state index contributed by atoms with van der Waals surface area (Å²) in [6, 6.07) is 19.2. The predicted molar refractivity (Wildman–Crippen MR) is 99.5 cm³/mol. The van der Waals surface area contributed by atoms with Gasteiger partial charge in [-0.2, -0.15) is 0 Å². The molecule has 3 rings (SSSR count). The number of carbonyl (C=O) groups is 1. The summed E-state index contributed by atoms with van der Waals surface area (Å²) in [4.78, 5) is 14.5. The summed E-state index contributed by atoms with van der Waals surface area (Å²) in [7, 11) is 0. The highest BCUT2D eigenvalue weighted by atomic mass is 32.2. The Kier molecular flexibility index (Phi) is 5.50. The van der Waals surface area contributed by atoms with Crippen LogP contribution in [0.15, 0.2) is 70.3 Å². The van der Waals surface area contributed by atoms with Crippen LogP contribution in [0.1, 0.15) is 13.8 Å². The molecule has 0 aliphatic rings. The summed E-state index contributed by atoms with van der Waals surface area (Å²) in [6.07, 6.45) is 0. The number of thioether (sulfide) groups is 1. The SMILES string of the molecule is CCN(C(=O)[C@H](C)Sc1nnc(-c2ccccc2)o1)c1ccccc1. The second kappa shape index (κ2) is 7.98. The molecule has 25 heavy (non-hydrogen) atoms. The lowest BCUT2D eigenvalue weighted by atomic mass is 10.2. The Morgan fingerprint density at radius 3 is 2.36 bits per heavy atom. The normalized spacial score (nSPS) is 11.9. The van der Waals surface area contributed by atoms with Crippen LogP contribution in [0.3, 0.4) is 0 Å². The second-order valence-corrected chi connectivity index (χ2v) is 6.71. The number of hydrogen-bond donors (Lipinski definition) is 0. The number of hydrogen-bond acceptors (Lipinski definition) is 5. The molecule has 0 aliphatic heterocycles. The van der Waals surface area contributed by atoms with Crippen LogP contribution >= 0.6 is 11.8 Å². The van der Waals surface area contributed by atoms with E-state index in [9.17, 15) is 4.79 Å². The van der Waals surface area contributed by atoms with E-state index in [1.54, 1.807) is 4.90 Å². The minimum absolute atomic E-state index is 0.0122. The van der Waals surface area contributed by atoms with Crippen molar-refractivity contribution < 1.29 is 9.21 Å². The van der Waals surface area contributed by atoms with Crippen LogP contribution in [-0.2, 0) is 4.79 Å². The standard InChI is InChI=1S/C19H19N3O2S/c1-3-22(16-12-8-5-9-13-16)18(23)14(2)25-19-21-20-17(24-19)15-10-6-4-7-11-15/h4-14H,3H2,1-2H3/t14-/m0/s1. The lowest BCUT2D eigenvalue weighted by Gasteiger charge is -2.23. The van der Waals surface area contributed by atoms with E-state index in [-0.39, 0.29) is 11.2 Å². The molecule has 0 radical (unpaired) electrons. The van der Waals surface area contributed by atoms with Gasteiger partial charge in [-0.15, -0.1) is 10.2 Å². The Labute approximate surface area is 151 Å². The third-order valence-corrected chi connectivity index (χ3v) is 4.62. The van der Waals surface area contributed by atoms with Gasteiger partial charge in [0, 0.05) is 17.8 Å². The molecule has 0 spiro atoms. The van der Waals surface area contributed by atoms with Crippen molar-refractivity contribution in [3.63, 3.8) is 0 Å². The zero-order valence-electron chi connectivity index (χ0n) is 14.1. The van der Waals surface area contributed by atoms with Gasteiger partial charge in [0.15, 0.2) is 0 Å².